The summed E-state index contributed by atoms with van der Waals surface area (Å²) in [5, 5.41) is 0. The molecule has 0 saturated heterocycles. The Morgan fingerprint density at radius 3 is 2.00 bits per heavy atom. The fourth-order valence-electron chi connectivity index (χ4n) is 2.77. The van der Waals surface area contributed by atoms with Gasteiger partial charge >= 0.3 is 0 Å². The van der Waals surface area contributed by atoms with Crippen LogP contribution in [0.15, 0.2) is 71.6 Å². The summed E-state index contributed by atoms with van der Waals surface area (Å²) in [6.07, 6.45) is 13.2. The summed E-state index contributed by atoms with van der Waals surface area (Å²) >= 11 is 1.88. The molecule has 0 aliphatic heterocycles. The number of unbranched alkanes of at least 4 members (excludes halogenated alkanes) is 7. The molecule has 24 heavy (non-hydrogen) atoms. The second-order valence-electron chi connectivity index (χ2n) is 6.26. The lowest BCUT2D eigenvalue weighted by molar-refractivity contribution is 0.592. The third kappa shape index (κ3) is 7.40. The lowest BCUT2D eigenvalue weighted by Gasteiger charge is -2.08. The normalized spacial score (nSPS) is 11.6. The van der Waals surface area contributed by atoms with Gasteiger partial charge in [0.05, 0.1) is 0 Å². The first-order valence-electron chi connectivity index (χ1n) is 9.38. The topological polar surface area (TPSA) is 0 Å². The van der Waals surface area contributed by atoms with Crippen LogP contribution in [0.1, 0.15) is 63.9 Å². The zero-order valence-electron chi connectivity index (χ0n) is 14.9. The highest BCUT2D eigenvalue weighted by atomic mass is 32.2. The lowest BCUT2D eigenvalue weighted by Crippen LogP contribution is -1.83. The largest absolute Gasteiger partial charge is 0.0898 e. The predicted molar refractivity (Wildman–Crippen MR) is 109 cm³/mol. The summed E-state index contributed by atoms with van der Waals surface area (Å²) in [5.74, 6) is 0. The van der Waals surface area contributed by atoms with E-state index in [0.717, 1.165) is 0 Å². The second-order valence-corrected chi connectivity index (χ2v) is 7.37. The number of thioether (sulfide) groups is 1. The van der Waals surface area contributed by atoms with Gasteiger partial charge < -0.3 is 0 Å². The van der Waals surface area contributed by atoms with E-state index in [2.05, 4.69) is 73.7 Å². The van der Waals surface area contributed by atoms with E-state index in [1.807, 2.05) is 11.8 Å². The second kappa shape index (κ2) is 12.0. The fraction of sp³-hybridized carbons (Fsp3) is 0.391. The van der Waals surface area contributed by atoms with Crippen LogP contribution in [0.25, 0.3) is 4.91 Å². The standard InChI is InChI=1S/C23H30S/c1-2-3-4-5-6-7-8-15-20-23(21-16-11-9-12-17-21)24-22-18-13-10-14-19-22/h9-14,16-20H,2-8,15H2,1H3/b23-20-. The van der Waals surface area contributed by atoms with Crippen molar-refractivity contribution in [3.63, 3.8) is 0 Å². The molecule has 2 aromatic carbocycles. The first-order chi connectivity index (χ1) is 11.9. The van der Waals surface area contributed by atoms with Crippen LogP contribution in [0.2, 0.25) is 0 Å². The van der Waals surface area contributed by atoms with Gasteiger partial charge in [-0.15, -0.1) is 0 Å². The summed E-state index contributed by atoms with van der Waals surface area (Å²) in [6.45, 7) is 2.28. The van der Waals surface area contributed by atoms with Gasteiger partial charge in [0.1, 0.15) is 0 Å². The molecule has 1 heteroatoms. The maximum Gasteiger partial charge on any atom is 0.0154 e. The monoisotopic (exact) mass is 338 g/mol. The molecule has 0 saturated carbocycles. The third-order valence-corrected chi connectivity index (χ3v) is 5.30. The zero-order valence-corrected chi connectivity index (χ0v) is 15.7. The molecule has 0 aromatic heterocycles. The van der Waals surface area contributed by atoms with E-state index in [9.17, 15) is 0 Å². The van der Waals surface area contributed by atoms with Crippen molar-refractivity contribution in [2.75, 3.05) is 0 Å². The van der Waals surface area contributed by atoms with Crippen LogP contribution in [0.4, 0.5) is 0 Å². The van der Waals surface area contributed by atoms with Crippen molar-refractivity contribution >= 4 is 16.7 Å². The van der Waals surface area contributed by atoms with E-state index in [0.29, 0.717) is 0 Å². The Morgan fingerprint density at radius 1 is 0.750 bits per heavy atom. The van der Waals surface area contributed by atoms with Crippen LogP contribution < -0.4 is 0 Å². The van der Waals surface area contributed by atoms with E-state index in [1.165, 1.54) is 66.7 Å². The molecule has 0 atom stereocenters. The van der Waals surface area contributed by atoms with Gasteiger partial charge in [0.25, 0.3) is 0 Å². The van der Waals surface area contributed by atoms with Crippen molar-refractivity contribution < 1.29 is 0 Å². The van der Waals surface area contributed by atoms with Gasteiger partial charge in [0.2, 0.25) is 0 Å². The van der Waals surface area contributed by atoms with Gasteiger partial charge in [-0.05, 0) is 30.5 Å². The highest BCUT2D eigenvalue weighted by molar-refractivity contribution is 8.08. The minimum Gasteiger partial charge on any atom is -0.0898 e. The molecule has 0 amide bonds. The van der Waals surface area contributed by atoms with Gasteiger partial charge in [0.15, 0.2) is 0 Å². The summed E-state index contributed by atoms with van der Waals surface area (Å²) in [5.41, 5.74) is 1.33. The first kappa shape index (κ1) is 18.9. The molecule has 0 aliphatic rings. The van der Waals surface area contributed by atoms with Gasteiger partial charge in [-0.3, -0.25) is 0 Å². The number of allylic oxidation sites excluding steroid dienone is 1. The van der Waals surface area contributed by atoms with Crippen molar-refractivity contribution in [1.29, 1.82) is 0 Å². The number of rotatable bonds is 11. The van der Waals surface area contributed by atoms with Crippen LogP contribution in [0.3, 0.4) is 0 Å². The molecule has 0 N–H and O–H groups in total. The van der Waals surface area contributed by atoms with Crippen molar-refractivity contribution in [3.8, 4) is 0 Å². The molecule has 0 fully saturated rings. The van der Waals surface area contributed by atoms with Crippen molar-refractivity contribution in [2.45, 2.75) is 63.2 Å². The van der Waals surface area contributed by atoms with E-state index >= 15 is 0 Å². The summed E-state index contributed by atoms with van der Waals surface area (Å²) < 4.78 is 0. The molecule has 0 bridgehead atoms. The molecular formula is C23H30S. The van der Waals surface area contributed by atoms with E-state index in [4.69, 9.17) is 0 Å². The Kier molecular flexibility index (Phi) is 9.41. The first-order valence-corrected chi connectivity index (χ1v) is 10.2. The lowest BCUT2D eigenvalue weighted by atomic mass is 10.1. The summed E-state index contributed by atoms with van der Waals surface area (Å²) in [7, 11) is 0. The molecule has 0 heterocycles. The summed E-state index contributed by atoms with van der Waals surface area (Å²) in [6, 6.07) is 21.5. The Hall–Kier alpha value is -1.47. The van der Waals surface area contributed by atoms with E-state index in [1.54, 1.807) is 0 Å². The molecule has 0 nitrogen and oxygen atoms in total. The molecule has 2 aromatic rings. The van der Waals surface area contributed by atoms with Gasteiger partial charge in [-0.25, -0.2) is 0 Å². The maximum atomic E-state index is 2.43. The highest BCUT2D eigenvalue weighted by Gasteiger charge is 2.03. The van der Waals surface area contributed by atoms with Crippen LogP contribution >= 0.6 is 11.8 Å². The molecule has 128 valence electrons. The molecule has 2 rings (SSSR count). The van der Waals surface area contributed by atoms with Crippen LogP contribution in [-0.2, 0) is 0 Å². The Bertz CT molecular complexity index is 571. The molecule has 0 aliphatic carbocycles. The predicted octanol–water partition coefficient (Wildman–Crippen LogP) is 7.96. The smallest absolute Gasteiger partial charge is 0.0154 e. The van der Waals surface area contributed by atoms with Crippen molar-refractivity contribution in [3.05, 3.63) is 72.3 Å². The van der Waals surface area contributed by atoms with Gasteiger partial charge in [-0.1, -0.05) is 112 Å². The van der Waals surface area contributed by atoms with Crippen LogP contribution in [0, 0.1) is 0 Å². The third-order valence-electron chi connectivity index (χ3n) is 4.17. The molecule has 0 spiro atoms. The Labute approximate surface area is 152 Å². The molecule has 0 radical (unpaired) electrons. The quantitative estimate of drug-likeness (QED) is 0.296. The zero-order chi connectivity index (χ0) is 16.9. The minimum atomic E-state index is 1.18. The van der Waals surface area contributed by atoms with Crippen molar-refractivity contribution in [2.24, 2.45) is 0 Å². The number of benzene rings is 2. The SMILES string of the molecule is CCCCCCCCC/C=C(\Sc1ccccc1)c1ccccc1. The molecular weight excluding hydrogens is 308 g/mol. The summed E-state index contributed by atoms with van der Waals surface area (Å²) in [4.78, 5) is 2.69. The number of hydrogen-bond donors (Lipinski definition) is 0. The van der Waals surface area contributed by atoms with Gasteiger partial charge in [0, 0.05) is 9.80 Å². The average molecular weight is 339 g/mol. The van der Waals surface area contributed by atoms with Gasteiger partial charge in [-0.2, -0.15) is 0 Å². The molecule has 0 unspecified atom stereocenters. The Balaban J connectivity index is 1.86. The minimum absolute atomic E-state index is 1.18. The fourth-order valence-corrected chi connectivity index (χ4v) is 3.77. The van der Waals surface area contributed by atoms with Crippen LogP contribution in [0.5, 0.6) is 0 Å². The van der Waals surface area contributed by atoms with Crippen LogP contribution in [-0.4, -0.2) is 0 Å². The van der Waals surface area contributed by atoms with E-state index < -0.39 is 0 Å². The average Bonchev–Trinajstić information content (AvgIpc) is 2.64. The number of hydrogen-bond acceptors (Lipinski definition) is 1. The van der Waals surface area contributed by atoms with Crippen molar-refractivity contribution in [1.82, 2.24) is 0 Å². The Morgan fingerprint density at radius 2 is 1.33 bits per heavy atom. The maximum absolute atomic E-state index is 2.43. The van der Waals surface area contributed by atoms with E-state index in [-0.39, 0.29) is 0 Å². The highest BCUT2D eigenvalue weighted by Crippen LogP contribution is 2.34.